The lowest BCUT2D eigenvalue weighted by Gasteiger charge is -2.12. The van der Waals surface area contributed by atoms with Gasteiger partial charge in [0.15, 0.2) is 5.96 Å². The molecule has 0 aliphatic rings. The lowest BCUT2D eigenvalue weighted by molar-refractivity contribution is -0.176. The van der Waals surface area contributed by atoms with Crippen molar-refractivity contribution in [2.24, 2.45) is 4.99 Å². The Morgan fingerprint density at radius 2 is 1.73 bits per heavy atom. The van der Waals surface area contributed by atoms with Crippen molar-refractivity contribution < 1.29 is 22.6 Å². The van der Waals surface area contributed by atoms with Gasteiger partial charge in [-0.2, -0.15) is 13.2 Å². The van der Waals surface area contributed by atoms with E-state index in [0.717, 1.165) is 25.0 Å². The Morgan fingerprint density at radius 3 is 2.35 bits per heavy atom. The van der Waals surface area contributed by atoms with Crippen molar-refractivity contribution in [3.05, 3.63) is 35.4 Å². The minimum Gasteiger partial charge on any atom is -0.380 e. The molecule has 0 spiro atoms. The van der Waals surface area contributed by atoms with Crippen LogP contribution in [-0.2, 0) is 22.6 Å². The van der Waals surface area contributed by atoms with Gasteiger partial charge in [-0.1, -0.05) is 37.6 Å². The topological polar surface area (TPSA) is 54.9 Å². The fourth-order valence-electron chi connectivity index (χ4n) is 2.03. The average Bonchev–Trinajstić information content (AvgIpc) is 2.60. The summed E-state index contributed by atoms with van der Waals surface area (Å²) < 4.78 is 46.2. The van der Waals surface area contributed by atoms with E-state index in [4.69, 9.17) is 4.74 Å². The molecule has 0 radical (unpaired) electrons. The number of rotatable bonds is 11. The largest absolute Gasteiger partial charge is 0.411 e. The maximum absolute atomic E-state index is 12.0. The van der Waals surface area contributed by atoms with Crippen LogP contribution in [0.5, 0.6) is 0 Å². The number of ether oxygens (including phenoxy) is 2. The second-order valence-electron chi connectivity index (χ2n) is 5.74. The number of aliphatic imine (C=N–C) groups is 1. The summed E-state index contributed by atoms with van der Waals surface area (Å²) in [5, 5.41) is 6.33. The van der Waals surface area contributed by atoms with Crippen LogP contribution in [0.1, 0.15) is 30.9 Å². The molecule has 0 heterocycles. The second-order valence-corrected chi connectivity index (χ2v) is 5.74. The Hall–Kier alpha value is -1.80. The van der Waals surface area contributed by atoms with Crippen LogP contribution in [0.15, 0.2) is 29.3 Å². The molecule has 0 bridgehead atoms. The van der Waals surface area contributed by atoms with E-state index < -0.39 is 12.8 Å². The molecular formula is C18H28F3N3O2. The number of nitrogens with one attached hydrogen (secondary N) is 2. The van der Waals surface area contributed by atoms with E-state index in [1.807, 2.05) is 12.1 Å². The third-order valence-electron chi connectivity index (χ3n) is 3.42. The number of unbranched alkanes of at least 4 members (excludes halogenated alkanes) is 1. The van der Waals surface area contributed by atoms with Gasteiger partial charge < -0.3 is 20.1 Å². The molecule has 1 aromatic rings. The van der Waals surface area contributed by atoms with Crippen LogP contribution in [0.25, 0.3) is 0 Å². The average molecular weight is 375 g/mol. The number of halogens is 3. The van der Waals surface area contributed by atoms with Gasteiger partial charge in [0.2, 0.25) is 0 Å². The number of guanidine groups is 1. The molecule has 1 aromatic carbocycles. The van der Waals surface area contributed by atoms with Gasteiger partial charge in [-0.05, 0) is 17.5 Å². The molecule has 0 aliphatic heterocycles. The molecule has 0 unspecified atom stereocenters. The highest BCUT2D eigenvalue weighted by Crippen LogP contribution is 2.15. The number of alkyl halides is 3. The molecule has 1 rings (SSSR count). The van der Waals surface area contributed by atoms with Crippen molar-refractivity contribution in [2.75, 3.05) is 33.4 Å². The van der Waals surface area contributed by atoms with Crippen molar-refractivity contribution in [1.29, 1.82) is 0 Å². The molecule has 8 heteroatoms. The molecule has 0 amide bonds. The van der Waals surface area contributed by atoms with Gasteiger partial charge in [-0.3, -0.25) is 4.99 Å². The van der Waals surface area contributed by atoms with E-state index in [1.54, 1.807) is 19.2 Å². The Kier molecular flexibility index (Phi) is 10.7. The van der Waals surface area contributed by atoms with E-state index in [9.17, 15) is 13.2 Å². The van der Waals surface area contributed by atoms with Gasteiger partial charge in [0.25, 0.3) is 0 Å². The van der Waals surface area contributed by atoms with Crippen molar-refractivity contribution in [3.8, 4) is 0 Å². The standard InChI is InChI=1S/C18H28F3N3O2/c1-3-4-10-25-11-9-23-17(22-2)24-12-15-5-7-16(8-6-15)13-26-14-18(19,20)21/h5-8H,3-4,9-14H2,1-2H3,(H2,22,23,24). The van der Waals surface area contributed by atoms with Crippen molar-refractivity contribution in [2.45, 2.75) is 39.1 Å². The monoisotopic (exact) mass is 375 g/mol. The maximum Gasteiger partial charge on any atom is 0.411 e. The minimum absolute atomic E-state index is 0.0610. The minimum atomic E-state index is -4.30. The summed E-state index contributed by atoms with van der Waals surface area (Å²) in [4.78, 5) is 4.13. The predicted octanol–water partition coefficient (Wildman–Crippen LogP) is 3.25. The lowest BCUT2D eigenvalue weighted by atomic mass is 10.1. The quantitative estimate of drug-likeness (QED) is 0.354. The SMILES string of the molecule is CCCCOCCNC(=NC)NCc1ccc(COCC(F)(F)F)cc1. The molecule has 0 atom stereocenters. The van der Waals surface area contributed by atoms with Crippen LogP contribution in [-0.4, -0.2) is 45.5 Å². The van der Waals surface area contributed by atoms with E-state index in [1.165, 1.54) is 0 Å². The number of benzene rings is 1. The van der Waals surface area contributed by atoms with Gasteiger partial charge >= 0.3 is 6.18 Å². The van der Waals surface area contributed by atoms with Crippen molar-refractivity contribution in [1.82, 2.24) is 10.6 Å². The molecule has 5 nitrogen and oxygen atoms in total. The maximum atomic E-state index is 12.0. The Labute approximate surface area is 153 Å². The van der Waals surface area contributed by atoms with Gasteiger partial charge in [-0.25, -0.2) is 0 Å². The molecule has 0 aromatic heterocycles. The van der Waals surface area contributed by atoms with Crippen LogP contribution in [0.3, 0.4) is 0 Å². The summed E-state index contributed by atoms with van der Waals surface area (Å²) in [6.45, 7) is 3.43. The predicted molar refractivity (Wildman–Crippen MR) is 96.1 cm³/mol. The highest BCUT2D eigenvalue weighted by Gasteiger charge is 2.27. The second kappa shape index (κ2) is 12.5. The van der Waals surface area contributed by atoms with Crippen molar-refractivity contribution in [3.63, 3.8) is 0 Å². The van der Waals surface area contributed by atoms with Gasteiger partial charge in [-0.15, -0.1) is 0 Å². The molecule has 26 heavy (non-hydrogen) atoms. The molecular weight excluding hydrogens is 347 g/mol. The first kappa shape index (κ1) is 22.2. The first-order chi connectivity index (χ1) is 12.4. The van der Waals surface area contributed by atoms with E-state index in [-0.39, 0.29) is 6.61 Å². The Morgan fingerprint density at radius 1 is 1.04 bits per heavy atom. The smallest absolute Gasteiger partial charge is 0.380 e. The van der Waals surface area contributed by atoms with Crippen LogP contribution < -0.4 is 10.6 Å². The summed E-state index contributed by atoms with van der Waals surface area (Å²) in [6.07, 6.45) is -2.12. The summed E-state index contributed by atoms with van der Waals surface area (Å²) in [5.74, 6) is 0.668. The zero-order chi connectivity index (χ0) is 19.3. The fourth-order valence-corrected chi connectivity index (χ4v) is 2.03. The van der Waals surface area contributed by atoms with Crippen molar-refractivity contribution >= 4 is 5.96 Å². The normalized spacial score (nSPS) is 12.3. The highest BCUT2D eigenvalue weighted by atomic mass is 19.4. The molecule has 0 fully saturated rings. The van der Waals surface area contributed by atoms with Gasteiger partial charge in [0.05, 0.1) is 13.2 Å². The molecule has 148 valence electrons. The molecule has 0 aliphatic carbocycles. The Balaban J connectivity index is 2.26. The number of hydrogen-bond acceptors (Lipinski definition) is 3. The van der Waals surface area contributed by atoms with E-state index in [0.29, 0.717) is 31.2 Å². The summed E-state index contributed by atoms with van der Waals surface area (Å²) >= 11 is 0. The lowest BCUT2D eigenvalue weighted by Crippen LogP contribution is -2.38. The number of nitrogens with zero attached hydrogens (tertiary/aromatic N) is 1. The highest BCUT2D eigenvalue weighted by molar-refractivity contribution is 5.79. The van der Waals surface area contributed by atoms with Gasteiger partial charge in [0, 0.05) is 26.7 Å². The molecule has 2 N–H and O–H groups in total. The van der Waals surface area contributed by atoms with Gasteiger partial charge in [0.1, 0.15) is 6.61 Å². The van der Waals surface area contributed by atoms with E-state index >= 15 is 0 Å². The summed E-state index contributed by atoms with van der Waals surface area (Å²) in [5.41, 5.74) is 1.69. The molecule has 0 saturated heterocycles. The first-order valence-electron chi connectivity index (χ1n) is 8.69. The van der Waals surface area contributed by atoms with Crippen LogP contribution in [0.2, 0.25) is 0 Å². The Bertz CT molecular complexity index is 519. The van der Waals surface area contributed by atoms with E-state index in [2.05, 4.69) is 27.3 Å². The zero-order valence-corrected chi connectivity index (χ0v) is 15.4. The third kappa shape index (κ3) is 10.9. The number of hydrogen-bond donors (Lipinski definition) is 2. The zero-order valence-electron chi connectivity index (χ0n) is 15.4. The molecule has 0 saturated carbocycles. The first-order valence-corrected chi connectivity index (χ1v) is 8.69. The summed E-state index contributed by atoms with van der Waals surface area (Å²) in [7, 11) is 1.69. The van der Waals surface area contributed by atoms with Crippen LogP contribution >= 0.6 is 0 Å². The van der Waals surface area contributed by atoms with Crippen LogP contribution in [0.4, 0.5) is 13.2 Å². The van der Waals surface area contributed by atoms with Crippen LogP contribution in [0, 0.1) is 0 Å². The summed E-state index contributed by atoms with van der Waals surface area (Å²) in [6, 6.07) is 7.21. The fraction of sp³-hybridized carbons (Fsp3) is 0.611. The third-order valence-corrected chi connectivity index (χ3v) is 3.42.